The van der Waals surface area contributed by atoms with Crippen molar-refractivity contribution in [2.45, 2.75) is 43.1 Å². The SMILES string of the molecule is Fc1ccc(C23CCN(Cc4ccccc4)CC2C3)cc1.Fc1ccc(C23CCNCC2C3)cc1. The minimum absolute atomic E-state index is 0.128. The van der Waals surface area contributed by atoms with Gasteiger partial charge in [0.05, 0.1) is 0 Å². The molecule has 0 spiro atoms. The number of hydrogen-bond donors (Lipinski definition) is 1. The van der Waals surface area contributed by atoms with Gasteiger partial charge in [0.25, 0.3) is 0 Å². The van der Waals surface area contributed by atoms with E-state index in [2.05, 4.69) is 40.5 Å². The van der Waals surface area contributed by atoms with Crippen LogP contribution < -0.4 is 5.32 Å². The number of likely N-dealkylation sites (tertiary alicyclic amines) is 1. The largest absolute Gasteiger partial charge is 0.316 e. The first-order valence-electron chi connectivity index (χ1n) is 13.1. The maximum atomic E-state index is 13.1. The Labute approximate surface area is 207 Å². The van der Waals surface area contributed by atoms with E-state index in [0.717, 1.165) is 38.0 Å². The second-order valence-electron chi connectivity index (χ2n) is 11.1. The fraction of sp³-hybridized carbons (Fsp3) is 0.419. The highest BCUT2D eigenvalue weighted by Crippen LogP contribution is 2.59. The summed E-state index contributed by atoms with van der Waals surface area (Å²) >= 11 is 0. The van der Waals surface area contributed by atoms with Crippen LogP contribution in [0, 0.1) is 23.5 Å². The highest BCUT2D eigenvalue weighted by molar-refractivity contribution is 5.36. The summed E-state index contributed by atoms with van der Waals surface area (Å²) in [6.45, 7) is 5.61. The summed E-state index contributed by atoms with van der Waals surface area (Å²) in [5, 5.41) is 3.41. The van der Waals surface area contributed by atoms with Crippen LogP contribution in [0.25, 0.3) is 0 Å². The quantitative estimate of drug-likeness (QED) is 0.496. The maximum Gasteiger partial charge on any atom is 0.123 e. The van der Waals surface area contributed by atoms with E-state index in [0.29, 0.717) is 10.8 Å². The highest BCUT2D eigenvalue weighted by Gasteiger charge is 2.57. The topological polar surface area (TPSA) is 15.3 Å². The van der Waals surface area contributed by atoms with Gasteiger partial charge in [-0.15, -0.1) is 0 Å². The highest BCUT2D eigenvalue weighted by atomic mass is 19.1. The van der Waals surface area contributed by atoms with Crippen LogP contribution in [0.5, 0.6) is 0 Å². The molecule has 2 saturated carbocycles. The zero-order valence-electron chi connectivity index (χ0n) is 20.2. The Bertz CT molecular complexity index is 1150. The predicted molar refractivity (Wildman–Crippen MR) is 136 cm³/mol. The zero-order chi connectivity index (χ0) is 23.9. The van der Waals surface area contributed by atoms with Crippen LogP contribution in [-0.2, 0) is 17.4 Å². The summed E-state index contributed by atoms with van der Waals surface area (Å²) in [6.07, 6.45) is 4.97. The molecule has 2 heterocycles. The molecule has 2 aliphatic heterocycles. The van der Waals surface area contributed by atoms with Crippen molar-refractivity contribution >= 4 is 0 Å². The van der Waals surface area contributed by atoms with Gasteiger partial charge < -0.3 is 5.32 Å². The van der Waals surface area contributed by atoms with E-state index in [1.807, 2.05) is 24.3 Å². The second kappa shape index (κ2) is 9.15. The van der Waals surface area contributed by atoms with E-state index in [1.165, 1.54) is 48.9 Å². The summed E-state index contributed by atoms with van der Waals surface area (Å²) in [5.74, 6) is 1.28. The van der Waals surface area contributed by atoms with Crippen molar-refractivity contribution in [3.8, 4) is 0 Å². The third kappa shape index (κ3) is 4.54. The summed E-state index contributed by atoms with van der Waals surface area (Å²) < 4.78 is 25.9. The maximum absolute atomic E-state index is 13.1. The Morgan fingerprint density at radius 3 is 1.94 bits per heavy atom. The van der Waals surface area contributed by atoms with Crippen molar-refractivity contribution in [2.24, 2.45) is 11.8 Å². The molecule has 4 aliphatic rings. The molecular weight excluding hydrogens is 438 g/mol. The lowest BCUT2D eigenvalue weighted by molar-refractivity contribution is 0.199. The molecule has 0 radical (unpaired) electrons. The number of halogens is 2. The van der Waals surface area contributed by atoms with Crippen LogP contribution in [0.3, 0.4) is 0 Å². The Morgan fingerprint density at radius 1 is 0.743 bits per heavy atom. The molecule has 7 rings (SSSR count). The first-order chi connectivity index (χ1) is 17.1. The van der Waals surface area contributed by atoms with Gasteiger partial charge in [-0.2, -0.15) is 0 Å². The molecule has 0 aromatic heterocycles. The van der Waals surface area contributed by atoms with Crippen LogP contribution in [-0.4, -0.2) is 31.1 Å². The molecule has 4 atom stereocenters. The van der Waals surface area contributed by atoms with Gasteiger partial charge in [0.15, 0.2) is 0 Å². The molecule has 4 fully saturated rings. The van der Waals surface area contributed by atoms with Gasteiger partial charge in [0.2, 0.25) is 0 Å². The summed E-state index contributed by atoms with van der Waals surface area (Å²) in [5.41, 5.74) is 4.82. The average Bonchev–Trinajstić information content (AvgIpc) is 3.79. The molecule has 2 aliphatic carbocycles. The lowest BCUT2D eigenvalue weighted by Crippen LogP contribution is -2.35. The first-order valence-corrected chi connectivity index (χ1v) is 13.1. The van der Waals surface area contributed by atoms with Crippen molar-refractivity contribution in [3.63, 3.8) is 0 Å². The number of nitrogens with one attached hydrogen (secondary N) is 1. The molecule has 4 unspecified atom stereocenters. The zero-order valence-corrected chi connectivity index (χ0v) is 20.2. The number of fused-ring (bicyclic) bond motifs is 2. The lowest BCUT2D eigenvalue weighted by atomic mass is 9.87. The van der Waals surface area contributed by atoms with Gasteiger partial charge in [0, 0.05) is 23.9 Å². The standard InChI is InChI=1S/C19H20FN.C12H14FN/c20-18-8-6-16(7-9-18)19-10-11-21(14-17(19)12-19)13-15-4-2-1-3-5-15;13-11-3-1-9(2-4-11)12-5-6-14-8-10(12)7-12/h1-9,17H,10-14H2;1-4,10,14H,5-8H2. The van der Waals surface area contributed by atoms with E-state index in [-0.39, 0.29) is 11.6 Å². The number of hydrogen-bond acceptors (Lipinski definition) is 2. The normalized spacial score (nSPS) is 30.9. The van der Waals surface area contributed by atoms with Crippen LogP contribution in [0.1, 0.15) is 42.4 Å². The summed E-state index contributed by atoms with van der Waals surface area (Å²) in [7, 11) is 0. The number of benzene rings is 3. The van der Waals surface area contributed by atoms with Crippen molar-refractivity contribution in [1.29, 1.82) is 0 Å². The molecule has 0 amide bonds. The smallest absolute Gasteiger partial charge is 0.123 e. The van der Waals surface area contributed by atoms with Crippen molar-refractivity contribution in [2.75, 3.05) is 26.2 Å². The molecule has 2 nitrogen and oxygen atoms in total. The van der Waals surface area contributed by atoms with E-state index < -0.39 is 0 Å². The Kier molecular flexibility index (Phi) is 5.98. The van der Waals surface area contributed by atoms with Gasteiger partial charge in [-0.25, -0.2) is 8.78 Å². The monoisotopic (exact) mass is 472 g/mol. The van der Waals surface area contributed by atoms with Crippen LogP contribution in [0.4, 0.5) is 8.78 Å². The summed E-state index contributed by atoms with van der Waals surface area (Å²) in [6, 6.07) is 25.0. The first kappa shape index (κ1) is 22.9. The third-order valence-electron chi connectivity index (χ3n) is 9.04. The minimum atomic E-state index is -0.131. The second-order valence-corrected chi connectivity index (χ2v) is 11.1. The Hall–Kier alpha value is -2.56. The fourth-order valence-corrected chi connectivity index (χ4v) is 6.77. The third-order valence-corrected chi connectivity index (χ3v) is 9.04. The van der Waals surface area contributed by atoms with E-state index in [9.17, 15) is 8.78 Å². The number of piperidine rings is 2. The molecule has 3 aromatic rings. The molecule has 0 bridgehead atoms. The van der Waals surface area contributed by atoms with E-state index >= 15 is 0 Å². The Morgan fingerprint density at radius 2 is 1.34 bits per heavy atom. The van der Waals surface area contributed by atoms with Gasteiger partial charge in [-0.3, -0.25) is 4.90 Å². The van der Waals surface area contributed by atoms with E-state index in [1.54, 1.807) is 24.3 Å². The van der Waals surface area contributed by atoms with Gasteiger partial charge >= 0.3 is 0 Å². The number of nitrogens with zero attached hydrogens (tertiary/aromatic N) is 1. The Balaban J connectivity index is 0.000000141. The predicted octanol–water partition coefficient (Wildman–Crippen LogP) is 6.07. The number of rotatable bonds is 4. The average molecular weight is 473 g/mol. The van der Waals surface area contributed by atoms with Crippen molar-refractivity contribution < 1.29 is 8.78 Å². The summed E-state index contributed by atoms with van der Waals surface area (Å²) in [4.78, 5) is 2.56. The molecular formula is C31H34F2N2. The molecule has 182 valence electrons. The van der Waals surface area contributed by atoms with Crippen LogP contribution >= 0.6 is 0 Å². The lowest BCUT2D eigenvalue weighted by Gasteiger charge is -2.32. The van der Waals surface area contributed by atoms with E-state index in [4.69, 9.17) is 0 Å². The van der Waals surface area contributed by atoms with Crippen molar-refractivity contribution in [3.05, 3.63) is 107 Å². The van der Waals surface area contributed by atoms with Gasteiger partial charge in [0.1, 0.15) is 11.6 Å². The fourth-order valence-electron chi connectivity index (χ4n) is 6.77. The molecule has 1 N–H and O–H groups in total. The molecule has 3 aromatic carbocycles. The van der Waals surface area contributed by atoms with Crippen LogP contribution in [0.2, 0.25) is 0 Å². The van der Waals surface area contributed by atoms with Gasteiger partial charge in [-0.05, 0) is 98.1 Å². The molecule has 4 heteroatoms. The van der Waals surface area contributed by atoms with Gasteiger partial charge in [-0.1, -0.05) is 54.6 Å². The minimum Gasteiger partial charge on any atom is -0.316 e. The van der Waals surface area contributed by atoms with Crippen molar-refractivity contribution in [1.82, 2.24) is 10.2 Å². The molecule has 2 saturated heterocycles. The van der Waals surface area contributed by atoms with Crippen LogP contribution in [0.15, 0.2) is 78.9 Å². The molecule has 35 heavy (non-hydrogen) atoms.